The number of carbonyl (C=O) groups is 1. The second-order valence-corrected chi connectivity index (χ2v) is 10.2. The molecule has 170 valence electrons. The van der Waals surface area contributed by atoms with Crippen LogP contribution in [-0.2, 0) is 12.8 Å². The van der Waals surface area contributed by atoms with E-state index in [-0.39, 0.29) is 11.5 Å². The van der Waals surface area contributed by atoms with Crippen LogP contribution >= 0.6 is 23.1 Å². The summed E-state index contributed by atoms with van der Waals surface area (Å²) in [7, 11) is 0. The molecule has 1 aromatic carbocycles. The van der Waals surface area contributed by atoms with E-state index in [2.05, 4.69) is 27.2 Å². The summed E-state index contributed by atoms with van der Waals surface area (Å²) in [5.74, 6) is 0.667. The monoisotopic (exact) mass is 473 g/mol. The van der Waals surface area contributed by atoms with Crippen LogP contribution in [0, 0.1) is 11.7 Å². The predicted octanol–water partition coefficient (Wildman–Crippen LogP) is 4.19. The third-order valence-electron chi connectivity index (χ3n) is 5.79. The number of rotatable bonds is 8. The van der Waals surface area contributed by atoms with E-state index in [9.17, 15) is 9.18 Å². The summed E-state index contributed by atoms with van der Waals surface area (Å²) in [5.41, 5.74) is 0.782. The summed E-state index contributed by atoms with van der Waals surface area (Å²) in [6, 6.07) is 3.08. The van der Waals surface area contributed by atoms with Crippen LogP contribution in [0.1, 0.15) is 41.0 Å². The highest BCUT2D eigenvalue weighted by Gasteiger charge is 2.22. The summed E-state index contributed by atoms with van der Waals surface area (Å²) in [6.07, 6.45) is 9.48. The maximum atomic E-state index is 14.6. The van der Waals surface area contributed by atoms with Crippen molar-refractivity contribution in [3.63, 3.8) is 0 Å². The minimum atomic E-state index is -0.487. The Hall–Kier alpha value is -2.10. The molecule has 1 amide bonds. The first-order valence-electron chi connectivity index (χ1n) is 11.0. The summed E-state index contributed by atoms with van der Waals surface area (Å²) < 4.78 is 15.5. The quantitative estimate of drug-likeness (QED) is 0.495. The average Bonchev–Trinajstić information content (AvgIpc) is 3.23. The Bertz CT molecular complexity index is 1070. The topological polar surface area (TPSA) is 71.0 Å². The summed E-state index contributed by atoms with van der Waals surface area (Å²) in [4.78, 5) is 29.0. The molecule has 9 heteroatoms. The summed E-state index contributed by atoms with van der Waals surface area (Å²) in [6.45, 7) is 4.93. The molecule has 1 aliphatic heterocycles. The highest BCUT2D eigenvalue weighted by molar-refractivity contribution is 7.98. The van der Waals surface area contributed by atoms with Crippen molar-refractivity contribution in [2.45, 2.75) is 37.5 Å². The maximum absolute atomic E-state index is 14.6. The molecular weight excluding hydrogens is 445 g/mol. The normalized spacial score (nSPS) is 15.3. The molecule has 4 rings (SSSR count). The fourth-order valence-electron chi connectivity index (χ4n) is 3.77. The van der Waals surface area contributed by atoms with Crippen LogP contribution in [0.5, 0.6) is 0 Å². The number of halogens is 1. The van der Waals surface area contributed by atoms with Crippen molar-refractivity contribution in [1.82, 2.24) is 25.2 Å². The molecule has 0 saturated carbocycles. The van der Waals surface area contributed by atoms with Gasteiger partial charge in [-0.15, -0.1) is 23.1 Å². The Morgan fingerprint density at radius 3 is 2.66 bits per heavy atom. The molecule has 0 aliphatic carbocycles. The van der Waals surface area contributed by atoms with Gasteiger partial charge in [-0.3, -0.25) is 4.79 Å². The predicted molar refractivity (Wildman–Crippen MR) is 128 cm³/mol. The van der Waals surface area contributed by atoms with Gasteiger partial charge in [-0.05, 0) is 37.5 Å². The first-order valence-corrected chi connectivity index (χ1v) is 13.0. The number of carbonyl (C=O) groups excluding carboxylic acids is 1. The second-order valence-electron chi connectivity index (χ2n) is 8.17. The Kier molecular flexibility index (Phi) is 7.70. The number of hydrogen-bond donors (Lipinski definition) is 1. The van der Waals surface area contributed by atoms with Gasteiger partial charge in [0.05, 0.1) is 20.8 Å². The lowest BCUT2D eigenvalue weighted by Crippen LogP contribution is -2.46. The number of piperazine rings is 1. The number of aryl methyl sites for hydroxylation is 2. The third-order valence-corrected chi connectivity index (χ3v) is 7.55. The average molecular weight is 474 g/mol. The molecule has 3 aromatic rings. The zero-order valence-electron chi connectivity index (χ0n) is 18.4. The Labute approximate surface area is 196 Å². The van der Waals surface area contributed by atoms with Gasteiger partial charge in [0.1, 0.15) is 11.6 Å². The number of hydrogen-bond acceptors (Lipinski definition) is 7. The minimum absolute atomic E-state index is 0.149. The van der Waals surface area contributed by atoms with Crippen molar-refractivity contribution >= 4 is 39.2 Å². The van der Waals surface area contributed by atoms with E-state index in [1.807, 2.05) is 18.6 Å². The Morgan fingerprint density at radius 2 is 1.94 bits per heavy atom. The standard InChI is InChI=1S/C23H28FN5OS2/c1-15(3-5-21-26-13-16(31-2)14-27-21)4-6-22-28-19-12-18(24)17(11-20(19)32-22)23(30)29-9-7-25-8-10-29/h11-15,25H,3-10H2,1-2H3/t15-/m0/s1. The number of thiazole rings is 1. The lowest BCUT2D eigenvalue weighted by atomic mass is 10.00. The largest absolute Gasteiger partial charge is 0.336 e. The van der Waals surface area contributed by atoms with Crippen molar-refractivity contribution in [3.8, 4) is 0 Å². The van der Waals surface area contributed by atoms with Gasteiger partial charge in [0.15, 0.2) is 0 Å². The van der Waals surface area contributed by atoms with Gasteiger partial charge in [-0.25, -0.2) is 19.3 Å². The van der Waals surface area contributed by atoms with Gasteiger partial charge in [0, 0.05) is 56.0 Å². The SMILES string of the molecule is CSc1cnc(CC[C@H](C)CCc2nc3cc(F)c(C(=O)N4CCNCC4)cc3s2)nc1. The van der Waals surface area contributed by atoms with Gasteiger partial charge in [-0.2, -0.15) is 0 Å². The molecule has 1 fully saturated rings. The van der Waals surface area contributed by atoms with Gasteiger partial charge in [-0.1, -0.05) is 6.92 Å². The number of fused-ring (bicyclic) bond motifs is 1. The van der Waals surface area contributed by atoms with E-state index < -0.39 is 5.82 Å². The highest BCUT2D eigenvalue weighted by Crippen LogP contribution is 2.28. The van der Waals surface area contributed by atoms with Crippen LogP contribution in [0.2, 0.25) is 0 Å². The molecule has 6 nitrogen and oxygen atoms in total. The van der Waals surface area contributed by atoms with E-state index in [4.69, 9.17) is 0 Å². The lowest BCUT2D eigenvalue weighted by molar-refractivity contribution is 0.0731. The van der Waals surface area contributed by atoms with E-state index in [0.29, 0.717) is 24.5 Å². The molecule has 1 aliphatic rings. The molecule has 3 heterocycles. The zero-order chi connectivity index (χ0) is 22.5. The Balaban J connectivity index is 1.35. The van der Waals surface area contributed by atoms with Gasteiger partial charge >= 0.3 is 0 Å². The molecule has 0 unspecified atom stereocenters. The van der Waals surface area contributed by atoms with Crippen LogP contribution < -0.4 is 5.32 Å². The van der Waals surface area contributed by atoms with E-state index in [1.165, 1.54) is 6.07 Å². The van der Waals surface area contributed by atoms with E-state index in [1.54, 1.807) is 34.1 Å². The fraction of sp³-hybridized carbons (Fsp3) is 0.478. The van der Waals surface area contributed by atoms with Gasteiger partial charge in [0.25, 0.3) is 5.91 Å². The number of aromatic nitrogens is 3. The van der Waals surface area contributed by atoms with Crippen molar-refractivity contribution in [1.29, 1.82) is 0 Å². The first-order chi connectivity index (χ1) is 15.5. The molecule has 0 radical (unpaired) electrons. The smallest absolute Gasteiger partial charge is 0.256 e. The molecule has 1 atom stereocenters. The van der Waals surface area contributed by atoms with Crippen LogP contribution in [0.25, 0.3) is 10.2 Å². The molecule has 0 bridgehead atoms. The molecule has 32 heavy (non-hydrogen) atoms. The fourth-order valence-corrected chi connectivity index (χ4v) is 5.09. The van der Waals surface area contributed by atoms with Gasteiger partial charge < -0.3 is 10.2 Å². The van der Waals surface area contributed by atoms with Crippen LogP contribution in [-0.4, -0.2) is 58.2 Å². The van der Waals surface area contributed by atoms with Crippen molar-refractivity contribution in [2.24, 2.45) is 5.92 Å². The highest BCUT2D eigenvalue weighted by atomic mass is 32.2. The molecule has 2 aromatic heterocycles. The number of nitrogens with zero attached hydrogens (tertiary/aromatic N) is 4. The number of amides is 1. The lowest BCUT2D eigenvalue weighted by Gasteiger charge is -2.27. The van der Waals surface area contributed by atoms with Crippen molar-refractivity contribution in [3.05, 3.63) is 46.7 Å². The third kappa shape index (κ3) is 5.63. The minimum Gasteiger partial charge on any atom is -0.336 e. The van der Waals surface area contributed by atoms with Crippen LogP contribution in [0.3, 0.4) is 0 Å². The molecule has 1 N–H and O–H groups in total. The van der Waals surface area contributed by atoms with Crippen molar-refractivity contribution in [2.75, 3.05) is 32.4 Å². The van der Waals surface area contributed by atoms with E-state index in [0.717, 1.165) is 59.2 Å². The van der Waals surface area contributed by atoms with E-state index >= 15 is 0 Å². The number of thioether (sulfide) groups is 1. The maximum Gasteiger partial charge on any atom is 0.256 e. The molecule has 1 saturated heterocycles. The number of nitrogens with one attached hydrogen (secondary N) is 1. The summed E-state index contributed by atoms with van der Waals surface area (Å²) in [5, 5.41) is 4.20. The van der Waals surface area contributed by atoms with Crippen molar-refractivity contribution < 1.29 is 9.18 Å². The first kappa shape index (κ1) is 23.1. The Morgan fingerprint density at radius 1 is 1.22 bits per heavy atom. The van der Waals surface area contributed by atoms with Crippen LogP contribution in [0.4, 0.5) is 4.39 Å². The molecular formula is C23H28FN5OS2. The van der Waals surface area contributed by atoms with Gasteiger partial charge in [0.2, 0.25) is 0 Å². The van der Waals surface area contributed by atoms with Crippen LogP contribution in [0.15, 0.2) is 29.4 Å². The molecule has 0 spiro atoms. The zero-order valence-corrected chi connectivity index (χ0v) is 20.1. The number of benzene rings is 1. The second kappa shape index (κ2) is 10.7. The summed E-state index contributed by atoms with van der Waals surface area (Å²) >= 11 is 3.20.